The Morgan fingerprint density at radius 1 is 1.32 bits per heavy atom. The van der Waals surface area contributed by atoms with Crippen LogP contribution >= 0.6 is 0 Å². The minimum atomic E-state index is -0.558. The highest BCUT2D eigenvalue weighted by atomic mass is 16.5. The first kappa shape index (κ1) is 19.5. The fourth-order valence-electron chi connectivity index (χ4n) is 2.59. The van der Waals surface area contributed by atoms with Crippen molar-refractivity contribution in [1.29, 1.82) is 0 Å². The number of rotatable bonds is 6. The number of carbonyl (C=O) groups excluding carboxylic acids is 2. The van der Waals surface area contributed by atoms with Crippen LogP contribution in [0.4, 0.5) is 0 Å². The largest absolute Gasteiger partial charge is 0.394 e. The van der Waals surface area contributed by atoms with Gasteiger partial charge in [0.05, 0.1) is 19.2 Å². The molecular formula is C17H28N4O4. The van der Waals surface area contributed by atoms with Crippen LogP contribution in [0.5, 0.6) is 0 Å². The number of aromatic nitrogens is 2. The summed E-state index contributed by atoms with van der Waals surface area (Å²) in [6.07, 6.45) is 1.35. The normalized spacial score (nSPS) is 18.6. The van der Waals surface area contributed by atoms with Gasteiger partial charge in [0.25, 0.3) is 0 Å². The van der Waals surface area contributed by atoms with E-state index in [0.717, 1.165) is 6.42 Å². The second-order valence-electron chi connectivity index (χ2n) is 8.18. The third-order valence-corrected chi connectivity index (χ3v) is 4.28. The van der Waals surface area contributed by atoms with Gasteiger partial charge < -0.3 is 19.8 Å². The molecule has 2 rings (SSSR count). The average molecular weight is 352 g/mol. The van der Waals surface area contributed by atoms with E-state index in [-0.39, 0.29) is 36.1 Å². The Hall–Kier alpha value is -1.80. The molecule has 8 heteroatoms. The molecule has 1 aliphatic rings. The smallest absolute Gasteiger partial charge is 0.240 e. The number of aliphatic hydroxyl groups excluding tert-OH is 1. The van der Waals surface area contributed by atoms with Crippen LogP contribution in [0.15, 0.2) is 4.52 Å². The molecule has 0 aromatic carbocycles. The van der Waals surface area contributed by atoms with Crippen LogP contribution in [0.3, 0.4) is 0 Å². The monoisotopic (exact) mass is 352 g/mol. The Morgan fingerprint density at radius 2 is 2.00 bits per heavy atom. The second-order valence-corrected chi connectivity index (χ2v) is 8.18. The summed E-state index contributed by atoms with van der Waals surface area (Å²) in [7, 11) is 0. The third kappa shape index (κ3) is 4.64. The maximum absolute atomic E-state index is 12.7. The molecule has 140 valence electrons. The van der Waals surface area contributed by atoms with Gasteiger partial charge in [0.1, 0.15) is 0 Å². The summed E-state index contributed by atoms with van der Waals surface area (Å²) >= 11 is 0. The average Bonchev–Trinajstić information content (AvgIpc) is 3.20. The van der Waals surface area contributed by atoms with Crippen molar-refractivity contribution < 1.29 is 19.2 Å². The minimum absolute atomic E-state index is 0.0262. The number of ketones is 1. The number of nitrogens with zero attached hydrogens (tertiary/aromatic N) is 3. The van der Waals surface area contributed by atoms with E-state index in [9.17, 15) is 14.7 Å². The van der Waals surface area contributed by atoms with E-state index >= 15 is 0 Å². The van der Waals surface area contributed by atoms with Crippen molar-refractivity contribution in [2.75, 3.05) is 19.7 Å². The quantitative estimate of drug-likeness (QED) is 0.732. The molecule has 1 aromatic rings. The van der Waals surface area contributed by atoms with Crippen molar-refractivity contribution >= 4 is 11.7 Å². The van der Waals surface area contributed by atoms with Crippen molar-refractivity contribution in [2.24, 2.45) is 0 Å². The minimum Gasteiger partial charge on any atom is -0.394 e. The van der Waals surface area contributed by atoms with Gasteiger partial charge in [0.2, 0.25) is 23.4 Å². The molecule has 0 spiro atoms. The van der Waals surface area contributed by atoms with Crippen LogP contribution in [0.2, 0.25) is 0 Å². The Balaban J connectivity index is 2.06. The van der Waals surface area contributed by atoms with Crippen LogP contribution < -0.4 is 5.32 Å². The number of aliphatic hydroxyl groups is 1. The zero-order chi connectivity index (χ0) is 18.8. The maximum atomic E-state index is 12.7. The number of hydrogen-bond donors (Lipinski definition) is 2. The van der Waals surface area contributed by atoms with Gasteiger partial charge in [-0.2, -0.15) is 4.98 Å². The lowest BCUT2D eigenvalue weighted by Crippen LogP contribution is -2.50. The second kappa shape index (κ2) is 7.21. The van der Waals surface area contributed by atoms with Crippen LogP contribution in [0, 0.1) is 0 Å². The molecule has 1 atom stereocenters. The highest BCUT2D eigenvalue weighted by Gasteiger charge is 2.37. The molecule has 0 aliphatic carbocycles. The summed E-state index contributed by atoms with van der Waals surface area (Å²) in [5.41, 5.74) is -0.888. The van der Waals surface area contributed by atoms with Crippen LogP contribution in [0.1, 0.15) is 64.0 Å². The topological polar surface area (TPSA) is 109 Å². The first-order chi connectivity index (χ1) is 11.5. The Kier molecular flexibility index (Phi) is 5.63. The predicted molar refractivity (Wildman–Crippen MR) is 91.2 cm³/mol. The molecule has 1 fully saturated rings. The van der Waals surface area contributed by atoms with E-state index < -0.39 is 11.6 Å². The first-order valence-electron chi connectivity index (χ1n) is 8.59. The molecule has 1 aliphatic heterocycles. The van der Waals surface area contributed by atoms with E-state index in [0.29, 0.717) is 18.9 Å². The van der Waals surface area contributed by atoms with E-state index in [4.69, 9.17) is 4.52 Å². The fourth-order valence-corrected chi connectivity index (χ4v) is 2.59. The van der Waals surface area contributed by atoms with Gasteiger partial charge in [0, 0.05) is 17.5 Å². The Morgan fingerprint density at radius 3 is 2.56 bits per heavy atom. The lowest BCUT2D eigenvalue weighted by molar-refractivity contribution is -0.130. The fraction of sp³-hybridized carbons (Fsp3) is 0.765. The first-order valence-corrected chi connectivity index (χ1v) is 8.59. The molecule has 0 bridgehead atoms. The standard InChI is InChI=1S/C17H28N4O4/c1-16(2,3)15-19-14(20-25-15)13(24)11-7-6-8-21(11)12(23)9-18-17(4,5)10-22/h11,18,22H,6-10H2,1-5H3. The van der Waals surface area contributed by atoms with Crippen molar-refractivity contribution in [3.05, 3.63) is 11.7 Å². The zero-order valence-electron chi connectivity index (χ0n) is 15.6. The molecule has 1 amide bonds. The van der Waals surface area contributed by atoms with Gasteiger partial charge in [-0.1, -0.05) is 25.9 Å². The van der Waals surface area contributed by atoms with Gasteiger partial charge in [-0.05, 0) is 26.7 Å². The van der Waals surface area contributed by atoms with Gasteiger partial charge in [0.15, 0.2) is 0 Å². The summed E-state index contributed by atoms with van der Waals surface area (Å²) in [5.74, 6) is -0.0280. The Labute approximate surface area is 148 Å². The molecule has 0 radical (unpaired) electrons. The van der Waals surface area contributed by atoms with E-state index in [1.807, 2.05) is 20.8 Å². The van der Waals surface area contributed by atoms with Gasteiger partial charge >= 0.3 is 0 Å². The van der Waals surface area contributed by atoms with Crippen LogP contribution in [0.25, 0.3) is 0 Å². The molecule has 1 saturated heterocycles. The maximum Gasteiger partial charge on any atom is 0.240 e. The van der Waals surface area contributed by atoms with Crippen molar-refractivity contribution in [2.45, 2.75) is 64.5 Å². The van der Waals surface area contributed by atoms with Gasteiger partial charge in [-0.25, -0.2) is 0 Å². The number of hydrogen-bond acceptors (Lipinski definition) is 7. The molecular weight excluding hydrogens is 324 g/mol. The third-order valence-electron chi connectivity index (χ3n) is 4.28. The summed E-state index contributed by atoms with van der Waals surface area (Å²) in [6, 6.07) is -0.558. The molecule has 2 heterocycles. The molecule has 25 heavy (non-hydrogen) atoms. The Bertz CT molecular complexity index is 633. The molecule has 1 aromatic heterocycles. The summed E-state index contributed by atoms with van der Waals surface area (Å²) in [4.78, 5) is 31.0. The lowest BCUT2D eigenvalue weighted by atomic mass is 9.97. The number of likely N-dealkylation sites (tertiary alicyclic amines) is 1. The highest BCUT2D eigenvalue weighted by molar-refractivity contribution is 5.99. The van der Waals surface area contributed by atoms with Crippen molar-refractivity contribution in [3.63, 3.8) is 0 Å². The summed E-state index contributed by atoms with van der Waals surface area (Å²) in [5, 5.41) is 16.1. The molecule has 0 saturated carbocycles. The van der Waals surface area contributed by atoms with E-state index in [1.54, 1.807) is 18.7 Å². The number of nitrogens with one attached hydrogen (secondary N) is 1. The predicted octanol–water partition coefficient (Wildman–Crippen LogP) is 0.901. The number of carbonyl (C=O) groups is 2. The molecule has 1 unspecified atom stereocenters. The lowest BCUT2D eigenvalue weighted by Gasteiger charge is -2.27. The zero-order valence-corrected chi connectivity index (χ0v) is 15.6. The number of amides is 1. The summed E-state index contributed by atoms with van der Waals surface area (Å²) < 4.78 is 5.19. The van der Waals surface area contributed by atoms with Crippen LogP contribution in [-0.2, 0) is 10.2 Å². The number of Topliss-reactive ketones (excluding diaryl/α,β-unsaturated/α-hetero) is 1. The van der Waals surface area contributed by atoms with Crippen LogP contribution in [-0.4, -0.2) is 63.1 Å². The van der Waals surface area contributed by atoms with Crippen molar-refractivity contribution in [1.82, 2.24) is 20.4 Å². The SMILES string of the molecule is CC(C)(CO)NCC(=O)N1CCCC1C(=O)c1noc(C(C)(C)C)n1. The highest BCUT2D eigenvalue weighted by Crippen LogP contribution is 2.23. The van der Waals surface area contributed by atoms with E-state index in [1.165, 1.54) is 0 Å². The van der Waals surface area contributed by atoms with Gasteiger partial charge in [-0.15, -0.1) is 0 Å². The van der Waals surface area contributed by atoms with Crippen molar-refractivity contribution in [3.8, 4) is 0 Å². The molecule has 8 nitrogen and oxygen atoms in total. The molecule has 2 N–H and O–H groups in total. The van der Waals surface area contributed by atoms with Gasteiger partial charge in [-0.3, -0.25) is 9.59 Å². The van der Waals surface area contributed by atoms with E-state index in [2.05, 4.69) is 15.5 Å². The summed E-state index contributed by atoms with van der Waals surface area (Å²) in [6.45, 7) is 9.90.